The van der Waals surface area contributed by atoms with Crippen molar-refractivity contribution in [3.63, 3.8) is 0 Å². The first-order chi connectivity index (χ1) is 7.48. The van der Waals surface area contributed by atoms with Gasteiger partial charge in [0.1, 0.15) is 5.41 Å². The number of nitrogens with zero attached hydrogens (tertiary/aromatic N) is 1. The minimum absolute atomic E-state index is 0. The van der Waals surface area contributed by atoms with Crippen LogP contribution in [0.3, 0.4) is 0 Å². The van der Waals surface area contributed by atoms with Gasteiger partial charge in [-0.15, -0.1) is 6.58 Å². The van der Waals surface area contributed by atoms with Crippen molar-refractivity contribution < 1.29 is 39.1 Å². The number of carbonyl (C=O) groups is 2. The number of nitrogens with one attached hydrogen (secondary N) is 1. The Morgan fingerprint density at radius 1 is 1.59 bits per heavy atom. The topological polar surface area (TPSA) is 58.5 Å². The van der Waals surface area contributed by atoms with E-state index in [1.807, 2.05) is 6.92 Å². The molecule has 2 atom stereocenters. The second-order valence-corrected chi connectivity index (χ2v) is 4.31. The zero-order chi connectivity index (χ0) is 12.3. The predicted octanol–water partition coefficient (Wildman–Crippen LogP) is -1.84. The molecule has 1 heterocycles. The molecule has 1 aliphatic rings. The SMILES string of the molecule is C=CC(C)C1(CCC)C(=O)N=C([S-])NC1=O.[Na+]. The van der Waals surface area contributed by atoms with Crippen molar-refractivity contribution in [2.45, 2.75) is 26.7 Å². The van der Waals surface area contributed by atoms with E-state index < -0.39 is 11.3 Å². The van der Waals surface area contributed by atoms with Crippen LogP contribution < -0.4 is 34.9 Å². The molecule has 1 aliphatic heterocycles. The minimum Gasteiger partial charge on any atom is -0.742 e. The Bertz CT molecular complexity index is 370. The number of aliphatic imine (C=N–C) groups is 1. The summed E-state index contributed by atoms with van der Waals surface area (Å²) in [5.41, 5.74) is -1.13. The summed E-state index contributed by atoms with van der Waals surface area (Å²) in [4.78, 5) is 27.7. The van der Waals surface area contributed by atoms with Gasteiger partial charge in [-0.05, 0) is 17.5 Å². The Morgan fingerprint density at radius 2 is 2.18 bits per heavy atom. The Hall–Kier alpha value is -0.230. The van der Waals surface area contributed by atoms with Crippen LogP contribution in [0.1, 0.15) is 26.7 Å². The van der Waals surface area contributed by atoms with Gasteiger partial charge >= 0.3 is 29.6 Å². The third kappa shape index (κ3) is 2.96. The van der Waals surface area contributed by atoms with Crippen LogP contribution in [-0.2, 0) is 22.2 Å². The molecule has 0 aromatic heterocycles. The summed E-state index contributed by atoms with van der Waals surface area (Å²) in [6.07, 6.45) is 2.79. The third-order valence-electron chi connectivity index (χ3n) is 2.99. The number of hydrogen-bond acceptors (Lipinski definition) is 3. The van der Waals surface area contributed by atoms with Gasteiger partial charge in [0, 0.05) is 0 Å². The molecule has 17 heavy (non-hydrogen) atoms. The average Bonchev–Trinajstić information content (AvgIpc) is 2.22. The van der Waals surface area contributed by atoms with Crippen LogP contribution in [-0.4, -0.2) is 17.0 Å². The Morgan fingerprint density at radius 3 is 2.59 bits per heavy atom. The maximum Gasteiger partial charge on any atom is 1.00 e. The second-order valence-electron chi connectivity index (χ2n) is 3.92. The van der Waals surface area contributed by atoms with Gasteiger partial charge in [0.25, 0.3) is 5.91 Å². The summed E-state index contributed by atoms with van der Waals surface area (Å²) in [6.45, 7) is 7.36. The van der Waals surface area contributed by atoms with Crippen molar-refractivity contribution >= 4 is 29.6 Å². The average molecular weight is 262 g/mol. The van der Waals surface area contributed by atoms with Crippen LogP contribution in [0.15, 0.2) is 17.6 Å². The summed E-state index contributed by atoms with van der Waals surface area (Å²) in [5, 5.41) is 2.41. The van der Waals surface area contributed by atoms with E-state index >= 15 is 0 Å². The van der Waals surface area contributed by atoms with Crippen molar-refractivity contribution in [1.29, 1.82) is 0 Å². The molecule has 1 N–H and O–H groups in total. The fraction of sp³-hybridized carbons (Fsp3) is 0.545. The number of allylic oxidation sites excluding steroid dienone is 1. The van der Waals surface area contributed by atoms with Crippen LogP contribution in [0, 0.1) is 11.3 Å². The largest absolute Gasteiger partial charge is 1.00 e. The molecule has 2 amide bonds. The van der Waals surface area contributed by atoms with Crippen LogP contribution >= 0.6 is 0 Å². The second kappa shape index (κ2) is 6.64. The minimum atomic E-state index is -1.13. The fourth-order valence-electron chi connectivity index (χ4n) is 1.97. The van der Waals surface area contributed by atoms with Crippen LogP contribution in [0.5, 0.6) is 0 Å². The summed E-state index contributed by atoms with van der Waals surface area (Å²) in [6, 6.07) is 0. The van der Waals surface area contributed by atoms with Crippen molar-refractivity contribution in [2.75, 3.05) is 0 Å². The van der Waals surface area contributed by atoms with Crippen LogP contribution in [0.2, 0.25) is 0 Å². The van der Waals surface area contributed by atoms with Gasteiger partial charge in [-0.1, -0.05) is 26.3 Å². The van der Waals surface area contributed by atoms with Gasteiger partial charge in [0.15, 0.2) is 0 Å². The van der Waals surface area contributed by atoms with Crippen molar-refractivity contribution in [2.24, 2.45) is 16.3 Å². The molecular formula is C11H15N2NaO2S. The number of amides is 2. The number of carbonyl (C=O) groups excluding carboxylic acids is 2. The molecule has 0 spiro atoms. The van der Waals surface area contributed by atoms with Gasteiger partial charge in [0.05, 0.1) is 0 Å². The quantitative estimate of drug-likeness (QED) is 0.280. The zero-order valence-corrected chi connectivity index (χ0v) is 13.3. The molecule has 6 heteroatoms. The molecule has 0 aliphatic carbocycles. The van der Waals surface area contributed by atoms with E-state index in [0.29, 0.717) is 6.42 Å². The monoisotopic (exact) mass is 262 g/mol. The van der Waals surface area contributed by atoms with Crippen molar-refractivity contribution in [3.05, 3.63) is 12.7 Å². The van der Waals surface area contributed by atoms with Gasteiger partial charge in [-0.2, -0.15) is 0 Å². The van der Waals surface area contributed by atoms with Gasteiger partial charge in [-0.25, -0.2) is 4.99 Å². The summed E-state index contributed by atoms with van der Waals surface area (Å²) < 4.78 is 0. The molecule has 88 valence electrons. The van der Waals surface area contributed by atoms with E-state index in [1.165, 1.54) is 0 Å². The maximum atomic E-state index is 12.0. The number of hydrogen-bond donors (Lipinski definition) is 1. The van der Waals surface area contributed by atoms with Crippen molar-refractivity contribution in [1.82, 2.24) is 5.32 Å². The third-order valence-corrected chi connectivity index (χ3v) is 3.18. The number of amidine groups is 1. The first-order valence-electron chi connectivity index (χ1n) is 5.23. The number of rotatable bonds is 4. The molecule has 0 aromatic rings. The predicted molar refractivity (Wildman–Crippen MR) is 64.7 cm³/mol. The van der Waals surface area contributed by atoms with E-state index in [1.54, 1.807) is 13.0 Å². The van der Waals surface area contributed by atoms with E-state index in [2.05, 4.69) is 16.9 Å². The maximum absolute atomic E-state index is 12.0. The van der Waals surface area contributed by atoms with Crippen LogP contribution in [0.4, 0.5) is 0 Å². The zero-order valence-electron chi connectivity index (χ0n) is 10.4. The molecule has 0 radical (unpaired) electrons. The van der Waals surface area contributed by atoms with Gasteiger partial charge in [0.2, 0.25) is 5.91 Å². The first kappa shape index (κ1) is 16.8. The van der Waals surface area contributed by atoms with Crippen LogP contribution in [0.25, 0.3) is 0 Å². The van der Waals surface area contributed by atoms with E-state index in [-0.39, 0.29) is 46.6 Å². The molecule has 2 unspecified atom stereocenters. The summed E-state index contributed by atoms with van der Waals surface area (Å²) >= 11 is 4.72. The molecule has 0 fully saturated rings. The summed E-state index contributed by atoms with van der Waals surface area (Å²) in [7, 11) is 0. The van der Waals surface area contributed by atoms with E-state index in [4.69, 9.17) is 12.6 Å². The molecule has 0 aromatic carbocycles. The molecule has 0 bridgehead atoms. The Labute approximate surface area is 129 Å². The summed E-state index contributed by atoms with van der Waals surface area (Å²) in [5.74, 6) is -1.06. The Kier molecular flexibility index (Phi) is 6.55. The van der Waals surface area contributed by atoms with E-state index in [0.717, 1.165) is 6.42 Å². The molecule has 0 saturated carbocycles. The normalized spacial score (nSPS) is 25.4. The molecule has 0 saturated heterocycles. The molecule has 4 nitrogen and oxygen atoms in total. The fourth-order valence-corrected chi connectivity index (χ4v) is 2.15. The van der Waals surface area contributed by atoms with Crippen molar-refractivity contribution in [3.8, 4) is 0 Å². The Balaban J connectivity index is 0.00000256. The van der Waals surface area contributed by atoms with Gasteiger partial charge in [-0.3, -0.25) is 9.59 Å². The standard InChI is InChI=1S/C11H16N2O2S.Na/c1-4-6-11(7(3)5-2)8(14)12-10(16)13-9(11)15;/h5,7H,2,4,6H2,1,3H3,(H2,12,13,14,15,16);/q;+1/p-1. The molecular weight excluding hydrogens is 247 g/mol. The smallest absolute Gasteiger partial charge is 0.742 e. The molecule has 1 rings (SSSR count). The van der Waals surface area contributed by atoms with E-state index in [9.17, 15) is 9.59 Å². The first-order valence-corrected chi connectivity index (χ1v) is 5.64. The van der Waals surface area contributed by atoms with Gasteiger partial charge < -0.3 is 17.9 Å².